The molecule has 32 heavy (non-hydrogen) atoms. The van der Waals surface area contributed by atoms with E-state index in [0.29, 0.717) is 34.0 Å². The van der Waals surface area contributed by atoms with Gasteiger partial charge in [-0.2, -0.15) is 0 Å². The molecule has 0 aromatic rings. The first kappa shape index (κ1) is 23.4. The van der Waals surface area contributed by atoms with Crippen LogP contribution in [0.25, 0.3) is 0 Å². The van der Waals surface area contributed by atoms with E-state index in [4.69, 9.17) is 0 Å². The first-order valence-electron chi connectivity index (χ1n) is 13.8. The molecule has 5 rings (SSSR count). The minimum atomic E-state index is -0.156. The second kappa shape index (κ2) is 7.09. The Morgan fingerprint density at radius 2 is 1.25 bits per heavy atom. The molecule has 2 unspecified atom stereocenters. The highest BCUT2D eigenvalue weighted by molar-refractivity contribution is 5.25. The molecule has 9 atom stereocenters. The Kier molecular flexibility index (Phi) is 5.19. The zero-order valence-corrected chi connectivity index (χ0v) is 22.0. The summed E-state index contributed by atoms with van der Waals surface area (Å²) in [7, 11) is 0. The minimum Gasteiger partial charge on any atom is -0.393 e. The highest BCUT2D eigenvalue weighted by Gasteiger charge is 2.63. The van der Waals surface area contributed by atoms with Gasteiger partial charge in [0.05, 0.1) is 12.2 Å². The van der Waals surface area contributed by atoms with Gasteiger partial charge in [0.2, 0.25) is 0 Å². The standard InChI is InChI=1S/C30H50O2/c1-26(2)21-10-8-19-18-28(5)15-12-22-27(3,4)25(32)14-17-30(22,7)23(28)11-9-20(19)29(21,6)16-13-24(26)31/h8,20-25,31-32H,9-18H2,1-7H3/t20-,21-,22?,23?,24-,25-,28-,29+,30-/m0/s1. The van der Waals surface area contributed by atoms with Crippen LogP contribution in [0.15, 0.2) is 11.6 Å². The van der Waals surface area contributed by atoms with Gasteiger partial charge in [-0.05, 0) is 115 Å². The van der Waals surface area contributed by atoms with Crippen LogP contribution in [-0.2, 0) is 0 Å². The van der Waals surface area contributed by atoms with Crippen LogP contribution in [0.2, 0.25) is 0 Å². The van der Waals surface area contributed by atoms with Crippen molar-refractivity contribution in [1.29, 1.82) is 0 Å². The summed E-state index contributed by atoms with van der Waals surface area (Å²) in [6, 6.07) is 0. The van der Waals surface area contributed by atoms with E-state index in [-0.39, 0.29) is 23.0 Å². The Morgan fingerprint density at radius 1 is 0.656 bits per heavy atom. The van der Waals surface area contributed by atoms with E-state index in [0.717, 1.165) is 25.2 Å². The van der Waals surface area contributed by atoms with E-state index < -0.39 is 0 Å². The molecule has 2 N–H and O–H groups in total. The van der Waals surface area contributed by atoms with E-state index in [1.54, 1.807) is 5.57 Å². The predicted octanol–water partition coefficient (Wildman–Crippen LogP) is 7.14. The molecule has 0 saturated heterocycles. The second-order valence-corrected chi connectivity index (χ2v) is 14.9. The molecule has 0 aliphatic heterocycles. The molecule has 0 spiro atoms. The Hall–Kier alpha value is -0.340. The Morgan fingerprint density at radius 3 is 1.91 bits per heavy atom. The lowest BCUT2D eigenvalue weighted by molar-refractivity contribution is -0.170. The number of aliphatic hydroxyl groups is 2. The number of aliphatic hydroxyl groups excluding tert-OH is 2. The molecule has 2 nitrogen and oxygen atoms in total. The quantitative estimate of drug-likeness (QED) is 0.391. The molecule has 0 amide bonds. The van der Waals surface area contributed by atoms with Crippen LogP contribution >= 0.6 is 0 Å². The number of allylic oxidation sites excluding steroid dienone is 2. The predicted molar refractivity (Wildman–Crippen MR) is 132 cm³/mol. The normalized spacial score (nSPS) is 54.2. The van der Waals surface area contributed by atoms with Crippen molar-refractivity contribution >= 4 is 0 Å². The second-order valence-electron chi connectivity index (χ2n) is 14.9. The first-order chi connectivity index (χ1) is 14.8. The van der Waals surface area contributed by atoms with Crippen molar-refractivity contribution in [2.75, 3.05) is 0 Å². The number of rotatable bonds is 0. The van der Waals surface area contributed by atoms with E-state index >= 15 is 0 Å². The molecule has 0 aromatic carbocycles. The molecule has 4 saturated carbocycles. The topological polar surface area (TPSA) is 40.5 Å². The minimum absolute atomic E-state index is 0.0125. The average Bonchev–Trinajstić information content (AvgIpc) is 2.86. The summed E-state index contributed by atoms with van der Waals surface area (Å²) >= 11 is 0. The van der Waals surface area contributed by atoms with Crippen LogP contribution in [0.4, 0.5) is 0 Å². The third kappa shape index (κ3) is 2.96. The lowest BCUT2D eigenvalue weighted by atomic mass is 9.42. The maximum Gasteiger partial charge on any atom is 0.0594 e. The highest BCUT2D eigenvalue weighted by Crippen LogP contribution is 2.70. The van der Waals surface area contributed by atoms with Crippen LogP contribution in [-0.4, -0.2) is 22.4 Å². The summed E-state index contributed by atoms with van der Waals surface area (Å²) in [4.78, 5) is 0. The molecule has 0 radical (unpaired) electrons. The number of hydrogen-bond acceptors (Lipinski definition) is 2. The summed E-state index contributed by atoms with van der Waals surface area (Å²) in [5.74, 6) is 2.68. The van der Waals surface area contributed by atoms with Crippen LogP contribution < -0.4 is 0 Å². The van der Waals surface area contributed by atoms with Gasteiger partial charge in [-0.15, -0.1) is 0 Å². The molecule has 5 aliphatic rings. The van der Waals surface area contributed by atoms with E-state index in [9.17, 15) is 10.2 Å². The molecule has 5 aliphatic carbocycles. The van der Waals surface area contributed by atoms with Crippen LogP contribution in [0.3, 0.4) is 0 Å². The van der Waals surface area contributed by atoms with Gasteiger partial charge in [0.15, 0.2) is 0 Å². The third-order valence-corrected chi connectivity index (χ3v) is 12.9. The highest BCUT2D eigenvalue weighted by atomic mass is 16.3. The summed E-state index contributed by atoms with van der Waals surface area (Å²) in [5.41, 5.74) is 2.91. The van der Waals surface area contributed by atoms with Gasteiger partial charge in [0.25, 0.3) is 0 Å². The number of hydrogen-bond donors (Lipinski definition) is 2. The summed E-state index contributed by atoms with van der Waals surface area (Å²) < 4.78 is 0. The van der Waals surface area contributed by atoms with Crippen molar-refractivity contribution in [3.63, 3.8) is 0 Å². The third-order valence-electron chi connectivity index (χ3n) is 12.9. The molecule has 4 fully saturated rings. The summed E-state index contributed by atoms with van der Waals surface area (Å²) in [6.45, 7) is 17.2. The lowest BCUT2D eigenvalue weighted by Crippen LogP contribution is -2.58. The molecule has 0 heterocycles. The van der Waals surface area contributed by atoms with Gasteiger partial charge in [0.1, 0.15) is 0 Å². The smallest absolute Gasteiger partial charge is 0.0594 e. The van der Waals surface area contributed by atoms with Crippen molar-refractivity contribution in [3.05, 3.63) is 11.6 Å². The molecular formula is C30H50O2. The first-order valence-corrected chi connectivity index (χ1v) is 13.8. The van der Waals surface area contributed by atoms with Gasteiger partial charge >= 0.3 is 0 Å². The fourth-order valence-corrected chi connectivity index (χ4v) is 10.9. The molecule has 182 valence electrons. The fourth-order valence-electron chi connectivity index (χ4n) is 10.9. The van der Waals surface area contributed by atoms with Crippen LogP contribution in [0.5, 0.6) is 0 Å². The largest absolute Gasteiger partial charge is 0.393 e. The number of fused-ring (bicyclic) bond motifs is 6. The SMILES string of the molecule is CC1(C)C2CC[C@@]3(C)CC4=CC[C@H]5C(C)(C)[C@@H](O)CC[C@]5(C)[C@H]4CCC3[C@@]2(C)CC[C@@H]1O. The summed E-state index contributed by atoms with van der Waals surface area (Å²) in [6.07, 6.45) is 14.4. The van der Waals surface area contributed by atoms with Crippen LogP contribution in [0.1, 0.15) is 113 Å². The van der Waals surface area contributed by atoms with Crippen LogP contribution in [0, 0.1) is 50.7 Å². The molecule has 0 aromatic heterocycles. The zero-order chi connectivity index (χ0) is 23.3. The van der Waals surface area contributed by atoms with Crippen molar-refractivity contribution in [3.8, 4) is 0 Å². The van der Waals surface area contributed by atoms with Gasteiger partial charge in [-0.25, -0.2) is 0 Å². The fraction of sp³-hybridized carbons (Fsp3) is 0.933. The van der Waals surface area contributed by atoms with Gasteiger partial charge in [-0.3, -0.25) is 0 Å². The van der Waals surface area contributed by atoms with Crippen molar-refractivity contribution in [2.24, 2.45) is 50.7 Å². The van der Waals surface area contributed by atoms with E-state index in [2.05, 4.69) is 54.5 Å². The van der Waals surface area contributed by atoms with E-state index in [1.807, 2.05) is 0 Å². The molecule has 2 heteroatoms. The zero-order valence-electron chi connectivity index (χ0n) is 22.0. The monoisotopic (exact) mass is 442 g/mol. The Bertz CT molecular complexity index is 795. The lowest BCUT2D eigenvalue weighted by Gasteiger charge is -2.63. The van der Waals surface area contributed by atoms with Gasteiger partial charge < -0.3 is 10.2 Å². The van der Waals surface area contributed by atoms with Crippen molar-refractivity contribution in [2.45, 2.75) is 125 Å². The van der Waals surface area contributed by atoms with Gasteiger partial charge in [-0.1, -0.05) is 60.1 Å². The maximum absolute atomic E-state index is 10.9. The average molecular weight is 443 g/mol. The van der Waals surface area contributed by atoms with Gasteiger partial charge in [0, 0.05) is 0 Å². The van der Waals surface area contributed by atoms with Crippen molar-refractivity contribution < 1.29 is 10.2 Å². The summed E-state index contributed by atoms with van der Waals surface area (Å²) in [5, 5.41) is 21.7. The van der Waals surface area contributed by atoms with E-state index in [1.165, 1.54) is 44.9 Å². The van der Waals surface area contributed by atoms with Crippen molar-refractivity contribution in [1.82, 2.24) is 0 Å². The Labute approximate surface area is 197 Å². The Balaban J connectivity index is 1.50. The molecule has 0 bridgehead atoms. The maximum atomic E-state index is 10.9. The molecular weight excluding hydrogens is 392 g/mol.